The molecule has 0 aliphatic rings. The molecule has 8 nitrogen and oxygen atoms in total. The highest BCUT2D eigenvalue weighted by Gasteiger charge is 2.11. The highest BCUT2D eigenvalue weighted by atomic mass is 16.5. The lowest BCUT2D eigenvalue weighted by molar-refractivity contribution is 0.102. The Morgan fingerprint density at radius 2 is 1.59 bits per heavy atom. The number of nitrogen functional groups attached to an aromatic ring is 1. The second-order valence-corrected chi connectivity index (χ2v) is 7.44. The fourth-order valence-corrected chi connectivity index (χ4v) is 2.87. The third kappa shape index (κ3) is 6.23. The van der Waals surface area contributed by atoms with Gasteiger partial charge < -0.3 is 25.8 Å². The van der Waals surface area contributed by atoms with Gasteiger partial charge in [0.15, 0.2) is 0 Å². The summed E-state index contributed by atoms with van der Waals surface area (Å²) < 4.78 is 5.08. The second kappa shape index (κ2) is 10.3. The molecule has 3 aromatic rings. The van der Waals surface area contributed by atoms with E-state index in [2.05, 4.69) is 10.6 Å². The first kappa shape index (κ1) is 22.6. The number of phenols is 1. The van der Waals surface area contributed by atoms with Crippen molar-refractivity contribution in [3.63, 3.8) is 0 Å². The van der Waals surface area contributed by atoms with Crippen molar-refractivity contribution in [1.29, 1.82) is 0 Å². The van der Waals surface area contributed by atoms with Gasteiger partial charge in [-0.25, -0.2) is 4.79 Å². The Balaban J connectivity index is 1.64. The molecule has 32 heavy (non-hydrogen) atoms. The molecule has 0 unspecified atom stereocenters. The molecule has 5 N–H and O–H groups in total. The van der Waals surface area contributed by atoms with Crippen LogP contribution in [0.5, 0.6) is 5.75 Å². The number of nitrogens with zero attached hydrogens (tertiary/aromatic N) is 1. The van der Waals surface area contributed by atoms with Crippen LogP contribution in [0.4, 0.5) is 21.9 Å². The quantitative estimate of drug-likeness (QED) is 0.418. The Hall–Kier alpha value is -4.04. The van der Waals surface area contributed by atoms with E-state index in [1.807, 2.05) is 25.1 Å². The molecular weight excluding hydrogens is 408 g/mol. The highest BCUT2D eigenvalue weighted by molar-refractivity contribution is 6.06. The number of amides is 2. The number of nitrogens with two attached hydrogens (primary N) is 1. The average Bonchev–Trinajstić information content (AvgIpc) is 2.76. The predicted octanol–water partition coefficient (Wildman–Crippen LogP) is 4.00. The molecule has 166 valence electrons. The minimum Gasteiger partial charge on any atom is -0.508 e. The molecule has 8 heteroatoms. The summed E-state index contributed by atoms with van der Waals surface area (Å²) in [7, 11) is 3.78. The summed E-state index contributed by atoms with van der Waals surface area (Å²) in [6, 6.07) is 18.5. The summed E-state index contributed by atoms with van der Waals surface area (Å²) in [5.41, 5.74) is 9.60. The lowest BCUT2D eigenvalue weighted by Crippen LogP contribution is -2.22. The Labute approximate surface area is 186 Å². The highest BCUT2D eigenvalue weighted by Crippen LogP contribution is 2.28. The maximum absolute atomic E-state index is 12.7. The lowest BCUT2D eigenvalue weighted by Gasteiger charge is -2.12. The monoisotopic (exact) mass is 434 g/mol. The van der Waals surface area contributed by atoms with Crippen LogP contribution in [0.2, 0.25) is 0 Å². The maximum Gasteiger partial charge on any atom is 0.411 e. The van der Waals surface area contributed by atoms with Crippen molar-refractivity contribution in [2.45, 2.75) is 0 Å². The van der Waals surface area contributed by atoms with Gasteiger partial charge in [0.2, 0.25) is 0 Å². The van der Waals surface area contributed by atoms with Crippen molar-refractivity contribution < 1.29 is 19.4 Å². The molecule has 0 atom stereocenters. The van der Waals surface area contributed by atoms with Gasteiger partial charge in [0.05, 0.1) is 11.4 Å². The topological polar surface area (TPSA) is 117 Å². The molecule has 0 saturated carbocycles. The Bertz CT molecular complexity index is 1080. The van der Waals surface area contributed by atoms with Crippen LogP contribution in [0, 0.1) is 0 Å². The molecule has 0 heterocycles. The van der Waals surface area contributed by atoms with Gasteiger partial charge in [-0.3, -0.25) is 10.1 Å². The van der Waals surface area contributed by atoms with Crippen LogP contribution in [-0.4, -0.2) is 49.3 Å². The number of aromatic hydroxyl groups is 1. The number of likely N-dealkylation sites (N-methyl/N-ethyl adjacent to an activating group) is 1. The fraction of sp³-hybridized carbons (Fsp3) is 0.167. The minimum atomic E-state index is -0.553. The predicted molar refractivity (Wildman–Crippen MR) is 126 cm³/mol. The standard InChI is InChI=1S/C24H26N4O4/c1-28(2)13-14-32-24(31)26-19-8-3-17(4-9-19)23(30)27-22-15-18(7-12-21(22)25)16-5-10-20(29)11-6-16/h3-12,15,29H,13-14,25H2,1-2H3,(H,26,31)(H,27,30). The molecule has 0 fully saturated rings. The normalized spacial score (nSPS) is 10.6. The van der Waals surface area contributed by atoms with E-state index in [4.69, 9.17) is 10.5 Å². The number of anilines is 3. The SMILES string of the molecule is CN(C)CCOC(=O)Nc1ccc(C(=O)Nc2cc(-c3ccc(O)cc3)ccc2N)cc1. The number of nitrogens with one attached hydrogen (secondary N) is 2. The first-order valence-corrected chi connectivity index (χ1v) is 10.0. The fourth-order valence-electron chi connectivity index (χ4n) is 2.87. The zero-order valence-corrected chi connectivity index (χ0v) is 18.0. The molecule has 2 amide bonds. The van der Waals surface area contributed by atoms with E-state index >= 15 is 0 Å². The molecule has 3 aromatic carbocycles. The summed E-state index contributed by atoms with van der Waals surface area (Å²) in [6.45, 7) is 0.910. The van der Waals surface area contributed by atoms with Crippen molar-refractivity contribution in [2.24, 2.45) is 0 Å². The number of rotatable bonds is 7. The minimum absolute atomic E-state index is 0.178. The van der Waals surface area contributed by atoms with Crippen LogP contribution < -0.4 is 16.4 Å². The number of hydrogen-bond acceptors (Lipinski definition) is 6. The third-order valence-corrected chi connectivity index (χ3v) is 4.67. The van der Waals surface area contributed by atoms with Gasteiger partial charge >= 0.3 is 6.09 Å². The van der Waals surface area contributed by atoms with Gasteiger partial charge in [-0.1, -0.05) is 18.2 Å². The van der Waals surface area contributed by atoms with Gasteiger partial charge in [0.25, 0.3) is 5.91 Å². The Morgan fingerprint density at radius 3 is 2.25 bits per heavy atom. The number of carbonyl (C=O) groups is 2. The van der Waals surface area contributed by atoms with Crippen molar-refractivity contribution in [3.05, 3.63) is 72.3 Å². The molecule has 0 bridgehead atoms. The molecule has 0 aliphatic carbocycles. The molecule has 0 spiro atoms. The number of hydrogen-bond donors (Lipinski definition) is 4. The van der Waals surface area contributed by atoms with Gasteiger partial charge in [-0.05, 0) is 73.8 Å². The van der Waals surface area contributed by atoms with E-state index in [0.717, 1.165) is 11.1 Å². The van der Waals surface area contributed by atoms with Gasteiger partial charge in [0.1, 0.15) is 12.4 Å². The zero-order valence-electron chi connectivity index (χ0n) is 18.0. The largest absolute Gasteiger partial charge is 0.508 e. The molecule has 0 radical (unpaired) electrons. The molecule has 0 aliphatic heterocycles. The van der Waals surface area contributed by atoms with Crippen LogP contribution in [0.15, 0.2) is 66.7 Å². The van der Waals surface area contributed by atoms with E-state index in [0.29, 0.717) is 29.2 Å². The smallest absolute Gasteiger partial charge is 0.411 e. The van der Waals surface area contributed by atoms with Crippen LogP contribution in [0.3, 0.4) is 0 Å². The van der Waals surface area contributed by atoms with Gasteiger partial charge in [0, 0.05) is 17.8 Å². The first-order valence-electron chi connectivity index (χ1n) is 10.0. The summed E-state index contributed by atoms with van der Waals surface area (Å²) in [5, 5.41) is 14.9. The molecule has 0 aromatic heterocycles. The van der Waals surface area contributed by atoms with E-state index in [-0.39, 0.29) is 18.3 Å². The average molecular weight is 434 g/mol. The van der Waals surface area contributed by atoms with Crippen molar-refractivity contribution in [2.75, 3.05) is 43.6 Å². The molecular formula is C24H26N4O4. The number of phenolic OH excluding ortho intramolecular Hbond substituents is 1. The summed E-state index contributed by atoms with van der Waals surface area (Å²) in [6.07, 6.45) is -0.553. The van der Waals surface area contributed by atoms with Crippen molar-refractivity contribution >= 4 is 29.1 Å². The van der Waals surface area contributed by atoms with Crippen LogP contribution in [0.25, 0.3) is 11.1 Å². The summed E-state index contributed by atoms with van der Waals surface area (Å²) >= 11 is 0. The number of carbonyl (C=O) groups excluding carboxylic acids is 2. The third-order valence-electron chi connectivity index (χ3n) is 4.67. The van der Waals surface area contributed by atoms with Crippen LogP contribution >= 0.6 is 0 Å². The number of ether oxygens (including phenoxy) is 1. The number of benzene rings is 3. The van der Waals surface area contributed by atoms with Gasteiger partial charge in [-0.15, -0.1) is 0 Å². The van der Waals surface area contributed by atoms with E-state index in [9.17, 15) is 14.7 Å². The van der Waals surface area contributed by atoms with Gasteiger partial charge in [-0.2, -0.15) is 0 Å². The van der Waals surface area contributed by atoms with E-state index < -0.39 is 6.09 Å². The second-order valence-electron chi connectivity index (χ2n) is 7.44. The first-order chi connectivity index (χ1) is 15.3. The van der Waals surface area contributed by atoms with Crippen molar-refractivity contribution in [1.82, 2.24) is 4.90 Å². The molecule has 3 rings (SSSR count). The lowest BCUT2D eigenvalue weighted by atomic mass is 10.0. The molecule has 0 saturated heterocycles. The Morgan fingerprint density at radius 1 is 0.938 bits per heavy atom. The zero-order chi connectivity index (χ0) is 23.1. The summed E-state index contributed by atoms with van der Waals surface area (Å²) in [4.78, 5) is 26.4. The van der Waals surface area contributed by atoms with Crippen LogP contribution in [-0.2, 0) is 4.74 Å². The van der Waals surface area contributed by atoms with E-state index in [1.165, 1.54) is 0 Å². The summed E-state index contributed by atoms with van der Waals surface area (Å²) in [5.74, 6) is -0.155. The Kier molecular flexibility index (Phi) is 7.30. The van der Waals surface area contributed by atoms with E-state index in [1.54, 1.807) is 60.7 Å². The van der Waals surface area contributed by atoms with Crippen LogP contribution in [0.1, 0.15) is 10.4 Å². The maximum atomic E-state index is 12.7. The van der Waals surface area contributed by atoms with Crippen molar-refractivity contribution in [3.8, 4) is 16.9 Å².